The number of carbonyl (C=O) groups is 2. The highest BCUT2D eigenvalue weighted by Gasteiger charge is 2.28. The minimum Gasteiger partial charge on any atom is -0.465 e. The van der Waals surface area contributed by atoms with Crippen LogP contribution in [0.25, 0.3) is 21.8 Å². The Bertz CT molecular complexity index is 1530. The predicted molar refractivity (Wildman–Crippen MR) is 145 cm³/mol. The van der Waals surface area contributed by atoms with Gasteiger partial charge < -0.3 is 24.8 Å². The molecule has 0 saturated heterocycles. The smallest absolute Gasteiger partial charge is 0.333 e. The maximum absolute atomic E-state index is 13.1. The van der Waals surface area contributed by atoms with E-state index in [2.05, 4.69) is 15.3 Å². The summed E-state index contributed by atoms with van der Waals surface area (Å²) in [7, 11) is 0. The second-order valence-corrected chi connectivity index (χ2v) is 8.72. The first-order valence-electron chi connectivity index (χ1n) is 12.4. The number of esters is 2. The van der Waals surface area contributed by atoms with Crippen LogP contribution in [0.4, 0.5) is 5.69 Å². The molecule has 0 bridgehead atoms. The van der Waals surface area contributed by atoms with E-state index in [1.807, 2.05) is 85.2 Å². The molecule has 0 saturated carbocycles. The standard InChI is InChI=1S/C30H29N3O4/c1-3-36-29(34)27(23-17-31-25-11-7-5-9-21(23)25)19-13-15-20(16-14-19)33-28(30(35)37-4-2)24-18-32-26-12-8-6-10-22(24)26/h5-18,27-28,31-33H,3-4H2,1-2H3. The maximum Gasteiger partial charge on any atom is 0.333 e. The number of nitrogens with one attached hydrogen (secondary N) is 3. The van der Waals surface area contributed by atoms with Gasteiger partial charge in [0.2, 0.25) is 0 Å². The Morgan fingerprint density at radius 1 is 0.730 bits per heavy atom. The number of carbonyl (C=O) groups excluding carboxylic acids is 2. The summed E-state index contributed by atoms with van der Waals surface area (Å²) in [5.41, 5.74) is 5.10. The van der Waals surface area contributed by atoms with Crippen LogP contribution in [0.3, 0.4) is 0 Å². The third-order valence-electron chi connectivity index (χ3n) is 6.46. The summed E-state index contributed by atoms with van der Waals surface area (Å²) < 4.78 is 10.8. The van der Waals surface area contributed by atoms with Crippen LogP contribution in [0.1, 0.15) is 42.5 Å². The van der Waals surface area contributed by atoms with E-state index in [4.69, 9.17) is 9.47 Å². The van der Waals surface area contributed by atoms with Crippen molar-refractivity contribution in [2.75, 3.05) is 18.5 Å². The molecule has 2 aromatic heterocycles. The van der Waals surface area contributed by atoms with Gasteiger partial charge in [-0.3, -0.25) is 4.79 Å². The molecule has 188 valence electrons. The van der Waals surface area contributed by atoms with Gasteiger partial charge in [-0.2, -0.15) is 0 Å². The van der Waals surface area contributed by atoms with Crippen LogP contribution in [-0.4, -0.2) is 35.1 Å². The van der Waals surface area contributed by atoms with Crippen molar-refractivity contribution in [1.82, 2.24) is 9.97 Å². The Hall–Kier alpha value is -4.52. The highest BCUT2D eigenvalue weighted by molar-refractivity contribution is 5.93. The minimum absolute atomic E-state index is 0.282. The summed E-state index contributed by atoms with van der Waals surface area (Å²) in [6.07, 6.45) is 3.70. The molecule has 2 atom stereocenters. The number of hydrogen-bond donors (Lipinski definition) is 3. The Morgan fingerprint density at radius 2 is 1.27 bits per heavy atom. The van der Waals surface area contributed by atoms with E-state index in [0.717, 1.165) is 44.2 Å². The maximum atomic E-state index is 13.1. The van der Waals surface area contributed by atoms with E-state index in [9.17, 15) is 9.59 Å². The van der Waals surface area contributed by atoms with Gasteiger partial charge in [0.05, 0.1) is 13.2 Å². The zero-order valence-electron chi connectivity index (χ0n) is 20.8. The lowest BCUT2D eigenvalue weighted by atomic mass is 9.91. The van der Waals surface area contributed by atoms with Gasteiger partial charge in [0.1, 0.15) is 5.92 Å². The zero-order chi connectivity index (χ0) is 25.8. The molecule has 3 N–H and O–H groups in total. The molecule has 2 heterocycles. The largest absolute Gasteiger partial charge is 0.465 e. The van der Waals surface area contributed by atoms with Crippen LogP contribution in [0, 0.1) is 0 Å². The van der Waals surface area contributed by atoms with Crippen molar-refractivity contribution >= 4 is 39.4 Å². The molecule has 5 aromatic rings. The lowest BCUT2D eigenvalue weighted by Gasteiger charge is -2.20. The molecule has 5 rings (SSSR count). The topological polar surface area (TPSA) is 96.2 Å². The zero-order valence-corrected chi connectivity index (χ0v) is 20.8. The van der Waals surface area contributed by atoms with Gasteiger partial charge >= 0.3 is 11.9 Å². The Balaban J connectivity index is 1.47. The number of ether oxygens (including phenoxy) is 2. The fourth-order valence-electron chi connectivity index (χ4n) is 4.76. The lowest BCUT2D eigenvalue weighted by molar-refractivity contribution is -0.144. The van der Waals surface area contributed by atoms with Crippen LogP contribution in [-0.2, 0) is 19.1 Å². The van der Waals surface area contributed by atoms with Crippen LogP contribution >= 0.6 is 0 Å². The number of aromatic nitrogens is 2. The van der Waals surface area contributed by atoms with Crippen molar-refractivity contribution in [2.45, 2.75) is 25.8 Å². The number of aromatic amines is 2. The van der Waals surface area contributed by atoms with Crippen molar-refractivity contribution in [2.24, 2.45) is 0 Å². The van der Waals surface area contributed by atoms with Gasteiger partial charge in [-0.1, -0.05) is 48.5 Å². The summed E-state index contributed by atoms with van der Waals surface area (Å²) in [6, 6.07) is 22.5. The van der Waals surface area contributed by atoms with E-state index in [1.54, 1.807) is 13.8 Å². The van der Waals surface area contributed by atoms with Gasteiger partial charge in [0.25, 0.3) is 0 Å². The number of benzene rings is 3. The van der Waals surface area contributed by atoms with Gasteiger partial charge in [-0.25, -0.2) is 4.79 Å². The molecule has 0 aliphatic carbocycles. The monoisotopic (exact) mass is 495 g/mol. The van der Waals surface area contributed by atoms with Crippen molar-refractivity contribution < 1.29 is 19.1 Å². The second-order valence-electron chi connectivity index (χ2n) is 8.72. The van der Waals surface area contributed by atoms with E-state index in [1.165, 1.54) is 0 Å². The van der Waals surface area contributed by atoms with Crippen LogP contribution in [0.2, 0.25) is 0 Å². The molecule has 0 spiro atoms. The second kappa shape index (κ2) is 10.6. The molecule has 37 heavy (non-hydrogen) atoms. The Labute approximate surface area is 214 Å². The number of para-hydroxylation sites is 2. The fraction of sp³-hybridized carbons (Fsp3) is 0.200. The van der Waals surface area contributed by atoms with Gasteiger partial charge in [0.15, 0.2) is 6.04 Å². The molecular weight excluding hydrogens is 466 g/mol. The van der Waals surface area contributed by atoms with E-state index >= 15 is 0 Å². The molecule has 0 aliphatic rings. The quantitative estimate of drug-likeness (QED) is 0.216. The number of anilines is 1. The number of fused-ring (bicyclic) bond motifs is 2. The molecule has 0 fully saturated rings. The van der Waals surface area contributed by atoms with Crippen LogP contribution < -0.4 is 5.32 Å². The van der Waals surface area contributed by atoms with Gasteiger partial charge in [-0.15, -0.1) is 0 Å². The molecule has 0 amide bonds. The van der Waals surface area contributed by atoms with Crippen molar-refractivity contribution in [3.8, 4) is 0 Å². The average Bonchev–Trinajstić information content (AvgIpc) is 3.53. The first-order chi connectivity index (χ1) is 18.1. The van der Waals surface area contributed by atoms with Crippen molar-refractivity contribution in [3.63, 3.8) is 0 Å². The summed E-state index contributed by atoms with van der Waals surface area (Å²) in [6.45, 7) is 4.17. The molecule has 0 aliphatic heterocycles. The Morgan fingerprint density at radius 3 is 1.89 bits per heavy atom. The average molecular weight is 496 g/mol. The van der Waals surface area contributed by atoms with Crippen molar-refractivity contribution in [1.29, 1.82) is 0 Å². The first kappa shape index (κ1) is 24.2. The molecule has 2 unspecified atom stereocenters. The molecule has 3 aromatic carbocycles. The van der Waals surface area contributed by atoms with Crippen LogP contribution in [0.15, 0.2) is 85.2 Å². The summed E-state index contributed by atoms with van der Waals surface area (Å²) in [4.78, 5) is 32.5. The SMILES string of the molecule is CCOC(=O)C(Nc1ccc(C(C(=O)OCC)c2c[nH]c3ccccc23)cc1)c1c[nH]c2ccccc12. The highest BCUT2D eigenvalue weighted by atomic mass is 16.5. The summed E-state index contributed by atoms with van der Waals surface area (Å²) in [5.74, 6) is -1.25. The molecule has 0 radical (unpaired) electrons. The third kappa shape index (κ3) is 4.80. The van der Waals surface area contributed by atoms with Crippen molar-refractivity contribution in [3.05, 3.63) is 102 Å². The van der Waals surface area contributed by atoms with Crippen LogP contribution in [0.5, 0.6) is 0 Å². The lowest BCUT2D eigenvalue weighted by Crippen LogP contribution is -2.23. The number of H-pyrrole nitrogens is 2. The number of hydrogen-bond acceptors (Lipinski definition) is 5. The third-order valence-corrected chi connectivity index (χ3v) is 6.46. The molecule has 7 heteroatoms. The number of rotatable bonds is 9. The molecule has 7 nitrogen and oxygen atoms in total. The van der Waals surface area contributed by atoms with E-state index < -0.39 is 12.0 Å². The summed E-state index contributed by atoms with van der Waals surface area (Å²) in [5, 5.41) is 5.25. The normalized spacial score (nSPS) is 12.8. The van der Waals surface area contributed by atoms with E-state index in [0.29, 0.717) is 6.61 Å². The fourth-order valence-corrected chi connectivity index (χ4v) is 4.76. The summed E-state index contributed by atoms with van der Waals surface area (Å²) >= 11 is 0. The predicted octanol–water partition coefficient (Wildman–Crippen LogP) is 6.06. The molecular formula is C30H29N3O4. The highest BCUT2D eigenvalue weighted by Crippen LogP contribution is 2.34. The van der Waals surface area contributed by atoms with Gasteiger partial charge in [-0.05, 0) is 49.2 Å². The van der Waals surface area contributed by atoms with Gasteiger partial charge in [0, 0.05) is 45.5 Å². The first-order valence-corrected chi connectivity index (χ1v) is 12.4. The van der Waals surface area contributed by atoms with E-state index in [-0.39, 0.29) is 18.5 Å². The Kier molecular flexibility index (Phi) is 6.94. The minimum atomic E-state index is -0.698.